The molecule has 1 saturated carbocycles. The van der Waals surface area contributed by atoms with Gasteiger partial charge in [-0.05, 0) is 102 Å². The third kappa shape index (κ3) is 10.1. The van der Waals surface area contributed by atoms with Gasteiger partial charge in [0.25, 0.3) is 5.91 Å². The third-order valence-corrected chi connectivity index (χ3v) is 13.3. The van der Waals surface area contributed by atoms with Gasteiger partial charge in [0.2, 0.25) is 5.91 Å². The highest BCUT2D eigenvalue weighted by Crippen LogP contribution is 2.58. The largest absolute Gasteiger partial charge is 0.453 e. The van der Waals surface area contributed by atoms with Gasteiger partial charge in [0.1, 0.15) is 23.7 Å². The van der Waals surface area contributed by atoms with E-state index in [0.717, 1.165) is 69.5 Å². The fraction of sp³-hybridized carbons (Fsp3) is 0.396. The first-order valence-corrected chi connectivity index (χ1v) is 23.3. The standard InChI is InChI=1S/C53H62N8O6/c1-31(2)24-43(61(33(5)6)50(63)45(32(3)4)58-51(64)66-7)47-54-28-41(56-47)35-16-14-34(15-17-35)37-18-19-39-26-40(21-20-38(39)25-37)42-29-55-48(57-42)44-27-53(22-23-53)30-60(44)49(62)46(59-52(65)67-8)36-12-10-9-11-13-36/h9-21,25-26,28-29,31-33,43-46H,22-24,27,30H2,1-8H3,(H,54,56)(H,55,57)(H,58,64)(H,59,65)/t43-,44-,45-,46?/m0/s1. The molecule has 3 heterocycles. The first kappa shape index (κ1) is 46.6. The average molecular weight is 907 g/mol. The molecule has 2 aromatic heterocycles. The minimum absolute atomic E-state index is 0.0733. The highest BCUT2D eigenvalue weighted by Gasteiger charge is 2.55. The molecular weight excluding hydrogens is 845 g/mol. The minimum atomic E-state index is -0.885. The fourth-order valence-electron chi connectivity index (χ4n) is 9.52. The van der Waals surface area contributed by atoms with Crippen LogP contribution in [0.5, 0.6) is 0 Å². The molecule has 1 unspecified atom stereocenters. The molecule has 4 N–H and O–H groups in total. The van der Waals surface area contributed by atoms with Crippen LogP contribution in [0.4, 0.5) is 9.59 Å². The summed E-state index contributed by atoms with van der Waals surface area (Å²) in [5.74, 6) is 1.18. The summed E-state index contributed by atoms with van der Waals surface area (Å²) in [6, 6.07) is 28.1. The molecule has 2 aliphatic rings. The first-order valence-electron chi connectivity index (χ1n) is 23.3. The minimum Gasteiger partial charge on any atom is -0.453 e. The number of methoxy groups -OCH3 is 2. The predicted molar refractivity (Wildman–Crippen MR) is 258 cm³/mol. The molecule has 4 aromatic carbocycles. The zero-order valence-electron chi connectivity index (χ0n) is 39.6. The maximum absolute atomic E-state index is 14.3. The normalized spacial score (nSPS) is 16.6. The van der Waals surface area contributed by atoms with E-state index in [1.165, 1.54) is 14.2 Å². The molecule has 4 amide bonds. The van der Waals surface area contributed by atoms with E-state index in [1.807, 2.05) is 80.2 Å². The molecule has 2 fully saturated rings. The van der Waals surface area contributed by atoms with Crippen molar-refractivity contribution in [3.63, 3.8) is 0 Å². The SMILES string of the molecule is COC(=O)NC(C(=O)N1CC2(CC2)C[C@H]1c1ncc(-c2ccc3cc(-c4ccc(-c5cnc([C@H](CC(C)C)N(C(=O)[C@@H](NC(=O)OC)C(C)C)C(C)C)[nH]5)cc4)ccc3c2)[nH]1)c1ccccc1. The van der Waals surface area contributed by atoms with E-state index in [9.17, 15) is 19.2 Å². The van der Waals surface area contributed by atoms with E-state index < -0.39 is 24.3 Å². The Balaban J connectivity index is 0.983. The lowest BCUT2D eigenvalue weighted by Gasteiger charge is -2.38. The lowest BCUT2D eigenvalue weighted by Crippen LogP contribution is -2.54. The Bertz CT molecular complexity index is 2720. The molecular formula is C53H62N8O6. The van der Waals surface area contributed by atoms with Crippen LogP contribution < -0.4 is 10.6 Å². The third-order valence-electron chi connectivity index (χ3n) is 13.3. The summed E-state index contributed by atoms with van der Waals surface area (Å²) in [6.07, 6.45) is 5.98. The predicted octanol–water partition coefficient (Wildman–Crippen LogP) is 10.1. The van der Waals surface area contributed by atoms with Gasteiger partial charge < -0.3 is 39.9 Å². The van der Waals surface area contributed by atoms with E-state index >= 15 is 0 Å². The lowest BCUT2D eigenvalue weighted by atomic mass is 9.96. The molecule has 14 nitrogen and oxygen atoms in total. The number of rotatable bonds is 15. The van der Waals surface area contributed by atoms with Crippen molar-refractivity contribution in [3.8, 4) is 33.6 Å². The van der Waals surface area contributed by atoms with E-state index in [2.05, 4.69) is 95.1 Å². The Morgan fingerprint density at radius 1 is 0.746 bits per heavy atom. The molecule has 1 spiro atoms. The number of hydrogen-bond acceptors (Lipinski definition) is 8. The first-order chi connectivity index (χ1) is 32.2. The molecule has 8 rings (SSSR count). The Morgan fingerprint density at radius 3 is 1.97 bits per heavy atom. The number of benzene rings is 4. The molecule has 1 saturated heterocycles. The van der Waals surface area contributed by atoms with Crippen LogP contribution in [0, 0.1) is 17.3 Å². The summed E-state index contributed by atoms with van der Waals surface area (Å²) in [5.41, 5.74) is 6.59. The summed E-state index contributed by atoms with van der Waals surface area (Å²) in [4.78, 5) is 73.6. The smallest absolute Gasteiger partial charge is 0.407 e. The number of ether oxygens (including phenoxy) is 2. The molecule has 6 aromatic rings. The van der Waals surface area contributed by atoms with E-state index in [1.54, 1.807) is 0 Å². The Morgan fingerprint density at radius 2 is 1.34 bits per heavy atom. The molecule has 1 aliphatic heterocycles. The number of hydrogen-bond donors (Lipinski definition) is 4. The number of fused-ring (bicyclic) bond motifs is 1. The van der Waals surface area contributed by atoms with Gasteiger partial charge in [-0.1, -0.05) is 107 Å². The molecule has 350 valence electrons. The van der Waals surface area contributed by atoms with Gasteiger partial charge in [0, 0.05) is 18.2 Å². The number of H-pyrrole nitrogens is 2. The van der Waals surface area contributed by atoms with Crippen molar-refractivity contribution in [2.24, 2.45) is 17.3 Å². The second-order valence-electron chi connectivity index (χ2n) is 19.2. The van der Waals surface area contributed by atoms with Crippen molar-refractivity contribution >= 4 is 34.8 Å². The van der Waals surface area contributed by atoms with Gasteiger partial charge in [0.15, 0.2) is 0 Å². The fourth-order valence-corrected chi connectivity index (χ4v) is 9.52. The lowest BCUT2D eigenvalue weighted by molar-refractivity contribution is -0.139. The van der Waals surface area contributed by atoms with Gasteiger partial charge >= 0.3 is 12.2 Å². The van der Waals surface area contributed by atoms with Gasteiger partial charge in [-0.15, -0.1) is 0 Å². The van der Waals surface area contributed by atoms with Crippen molar-refractivity contribution in [1.82, 2.24) is 40.4 Å². The number of likely N-dealkylation sites (tertiary alicyclic amines) is 1. The summed E-state index contributed by atoms with van der Waals surface area (Å²) in [5, 5.41) is 7.70. The molecule has 14 heteroatoms. The second kappa shape index (κ2) is 19.5. The van der Waals surface area contributed by atoms with Crippen LogP contribution in [-0.4, -0.2) is 86.6 Å². The van der Waals surface area contributed by atoms with Crippen molar-refractivity contribution in [2.75, 3.05) is 20.8 Å². The van der Waals surface area contributed by atoms with Gasteiger partial charge in [-0.2, -0.15) is 0 Å². The zero-order valence-corrected chi connectivity index (χ0v) is 39.6. The Labute approximate surface area is 392 Å². The second-order valence-corrected chi connectivity index (χ2v) is 19.2. The van der Waals surface area contributed by atoms with E-state index in [4.69, 9.17) is 19.4 Å². The monoisotopic (exact) mass is 906 g/mol. The number of amides is 4. The molecule has 4 atom stereocenters. The summed E-state index contributed by atoms with van der Waals surface area (Å²) >= 11 is 0. The van der Waals surface area contributed by atoms with Crippen LogP contribution in [0.3, 0.4) is 0 Å². The molecule has 0 bridgehead atoms. The van der Waals surface area contributed by atoms with Crippen molar-refractivity contribution < 1.29 is 28.7 Å². The molecule has 1 aliphatic carbocycles. The van der Waals surface area contributed by atoms with Gasteiger partial charge in [-0.25, -0.2) is 19.6 Å². The van der Waals surface area contributed by atoms with Crippen LogP contribution in [0.1, 0.15) is 103 Å². The molecule has 67 heavy (non-hydrogen) atoms. The van der Waals surface area contributed by atoms with Gasteiger partial charge in [-0.3, -0.25) is 9.59 Å². The highest BCUT2D eigenvalue weighted by molar-refractivity contribution is 5.91. The van der Waals surface area contributed by atoms with E-state index in [0.29, 0.717) is 24.4 Å². The highest BCUT2D eigenvalue weighted by atomic mass is 16.5. The number of aromatic amines is 2. The van der Waals surface area contributed by atoms with Crippen LogP contribution >= 0.6 is 0 Å². The van der Waals surface area contributed by atoms with Crippen LogP contribution in [0.15, 0.2) is 103 Å². The number of aromatic nitrogens is 4. The maximum atomic E-state index is 14.3. The maximum Gasteiger partial charge on any atom is 0.407 e. The number of nitrogens with one attached hydrogen (secondary N) is 4. The summed E-state index contributed by atoms with van der Waals surface area (Å²) < 4.78 is 9.75. The molecule has 0 radical (unpaired) electrons. The van der Waals surface area contributed by atoms with Gasteiger partial charge in [0.05, 0.1) is 50.1 Å². The van der Waals surface area contributed by atoms with Crippen LogP contribution in [0.2, 0.25) is 0 Å². The number of alkyl carbamates (subject to hydrolysis) is 2. The summed E-state index contributed by atoms with van der Waals surface area (Å²) in [6.45, 7) is 12.7. The number of imidazole rings is 2. The average Bonchev–Trinajstić information content (AvgIpc) is 3.65. The van der Waals surface area contributed by atoms with Crippen LogP contribution in [0.25, 0.3) is 44.4 Å². The number of carbonyl (C=O) groups is 4. The quantitative estimate of drug-likeness (QED) is 0.0788. The Kier molecular flexibility index (Phi) is 13.5. The van der Waals surface area contributed by atoms with E-state index in [-0.39, 0.29) is 47.2 Å². The van der Waals surface area contributed by atoms with Crippen molar-refractivity contribution in [3.05, 3.63) is 121 Å². The zero-order chi connectivity index (χ0) is 47.6. The van der Waals surface area contributed by atoms with Crippen molar-refractivity contribution in [2.45, 2.75) is 97.4 Å². The number of carbonyl (C=O) groups excluding carboxylic acids is 4. The summed E-state index contributed by atoms with van der Waals surface area (Å²) in [7, 11) is 2.59. The topological polar surface area (TPSA) is 175 Å². The van der Waals surface area contributed by atoms with Crippen LogP contribution in [-0.2, 0) is 19.1 Å². The Hall–Kier alpha value is -6.96. The number of nitrogens with zero attached hydrogens (tertiary/aromatic N) is 4. The van der Waals surface area contributed by atoms with Crippen molar-refractivity contribution in [1.29, 1.82) is 0 Å².